The van der Waals surface area contributed by atoms with Crippen LogP contribution in [-0.4, -0.2) is 28.3 Å². The lowest BCUT2D eigenvalue weighted by atomic mass is 10.2. The third-order valence-electron chi connectivity index (χ3n) is 3.58. The number of hydrogen-bond donors (Lipinski definition) is 0. The van der Waals surface area contributed by atoms with E-state index in [-0.39, 0.29) is 22.8 Å². The Morgan fingerprint density at radius 2 is 1.38 bits per heavy atom. The molecule has 0 radical (unpaired) electrons. The molecule has 7 heteroatoms. The van der Waals surface area contributed by atoms with Gasteiger partial charge in [-0.1, -0.05) is 18.2 Å². The fourth-order valence-electron chi connectivity index (χ4n) is 2.41. The Balaban J connectivity index is 1.93. The maximum atomic E-state index is 12.3. The molecular formula is C17H16O5S2. The second-order valence-corrected chi connectivity index (χ2v) is 9.51. The van der Waals surface area contributed by atoms with Crippen LogP contribution in [0.1, 0.15) is 12.0 Å². The smallest absolute Gasteiger partial charge is 0.179 e. The first-order valence-corrected chi connectivity index (χ1v) is 10.7. The first kappa shape index (κ1) is 16.7. The van der Waals surface area contributed by atoms with E-state index in [0.717, 1.165) is 5.41 Å². The van der Waals surface area contributed by atoms with Crippen LogP contribution < -0.4 is 4.74 Å². The van der Waals surface area contributed by atoms with Crippen molar-refractivity contribution in [1.82, 2.24) is 0 Å². The van der Waals surface area contributed by atoms with E-state index < -0.39 is 19.7 Å². The summed E-state index contributed by atoms with van der Waals surface area (Å²) in [5.74, 6) is 0.888. The van der Waals surface area contributed by atoms with Gasteiger partial charge in [0.05, 0.1) is 16.4 Å². The van der Waals surface area contributed by atoms with Crippen molar-refractivity contribution in [2.24, 2.45) is 0 Å². The highest BCUT2D eigenvalue weighted by molar-refractivity contribution is 8.03. The van der Waals surface area contributed by atoms with Gasteiger partial charge in [-0.3, -0.25) is 0 Å². The average Bonchev–Trinajstić information content (AvgIpc) is 2.64. The molecule has 1 heterocycles. The van der Waals surface area contributed by atoms with E-state index in [4.69, 9.17) is 4.74 Å². The summed E-state index contributed by atoms with van der Waals surface area (Å²) in [6, 6.07) is 15.5. The Bertz CT molecular complexity index is 957. The van der Waals surface area contributed by atoms with Crippen molar-refractivity contribution < 1.29 is 21.6 Å². The zero-order chi connectivity index (χ0) is 17.2. The Morgan fingerprint density at radius 3 is 2.04 bits per heavy atom. The maximum Gasteiger partial charge on any atom is 0.179 e. The molecule has 0 saturated heterocycles. The fraction of sp³-hybridized carbons (Fsp3) is 0.176. The summed E-state index contributed by atoms with van der Waals surface area (Å²) < 4.78 is 54.0. The summed E-state index contributed by atoms with van der Waals surface area (Å²) in [6.07, 6.45) is 0.111. The van der Waals surface area contributed by atoms with Crippen LogP contribution in [0.5, 0.6) is 11.5 Å². The van der Waals surface area contributed by atoms with Gasteiger partial charge in [-0.15, -0.1) is 0 Å². The summed E-state index contributed by atoms with van der Waals surface area (Å²) in [5, 5.41) is 0.877. The summed E-state index contributed by atoms with van der Waals surface area (Å²) in [6.45, 7) is 0. The summed E-state index contributed by atoms with van der Waals surface area (Å²) in [4.78, 5) is -0.147. The van der Waals surface area contributed by atoms with E-state index in [9.17, 15) is 16.8 Å². The minimum Gasteiger partial charge on any atom is -0.457 e. The molecule has 24 heavy (non-hydrogen) atoms. The van der Waals surface area contributed by atoms with Gasteiger partial charge in [0.15, 0.2) is 19.7 Å². The molecular weight excluding hydrogens is 348 g/mol. The lowest BCUT2D eigenvalue weighted by Gasteiger charge is -2.09. The summed E-state index contributed by atoms with van der Waals surface area (Å²) in [7, 11) is -7.13. The summed E-state index contributed by atoms with van der Waals surface area (Å²) >= 11 is 0. The quantitative estimate of drug-likeness (QED) is 0.837. The molecule has 0 aliphatic carbocycles. The molecule has 0 unspecified atom stereocenters. The monoisotopic (exact) mass is 364 g/mol. The van der Waals surface area contributed by atoms with Crippen molar-refractivity contribution >= 4 is 24.6 Å². The highest BCUT2D eigenvalue weighted by Gasteiger charge is 2.27. The normalized spacial score (nSPS) is 19.1. The molecule has 126 valence electrons. The van der Waals surface area contributed by atoms with Crippen molar-refractivity contribution in [2.45, 2.75) is 6.42 Å². The van der Waals surface area contributed by atoms with E-state index in [1.165, 1.54) is 0 Å². The number of para-hydroxylation sites is 1. The standard InChI is InChI=1S/C17H16O5S2/c18-23(19)11-4-12-24(20,21)17(13-23)14-7-9-16(10-8-14)22-15-5-2-1-3-6-15/h1-3,5-10,13H,4,11-12H2. The predicted molar refractivity (Wildman–Crippen MR) is 93.1 cm³/mol. The Morgan fingerprint density at radius 1 is 0.750 bits per heavy atom. The topological polar surface area (TPSA) is 77.5 Å². The molecule has 2 aromatic rings. The molecule has 1 aliphatic rings. The number of rotatable bonds is 3. The third kappa shape index (κ3) is 3.85. The van der Waals surface area contributed by atoms with Gasteiger partial charge >= 0.3 is 0 Å². The van der Waals surface area contributed by atoms with Crippen LogP contribution in [0.25, 0.3) is 4.91 Å². The van der Waals surface area contributed by atoms with Crippen LogP contribution in [0.4, 0.5) is 0 Å². The van der Waals surface area contributed by atoms with Crippen LogP contribution >= 0.6 is 0 Å². The van der Waals surface area contributed by atoms with E-state index >= 15 is 0 Å². The van der Waals surface area contributed by atoms with Crippen LogP contribution in [0, 0.1) is 0 Å². The van der Waals surface area contributed by atoms with Gasteiger partial charge in [0.25, 0.3) is 0 Å². The molecule has 0 atom stereocenters. The predicted octanol–water partition coefficient (Wildman–Crippen LogP) is 3.01. The summed E-state index contributed by atoms with van der Waals surface area (Å²) in [5.41, 5.74) is 0.348. The Labute approximate surface area is 141 Å². The van der Waals surface area contributed by atoms with Crippen molar-refractivity contribution in [3.05, 3.63) is 65.6 Å². The van der Waals surface area contributed by atoms with Crippen molar-refractivity contribution in [1.29, 1.82) is 0 Å². The molecule has 2 aromatic carbocycles. The maximum absolute atomic E-state index is 12.3. The second kappa shape index (κ2) is 6.41. The van der Waals surface area contributed by atoms with Crippen molar-refractivity contribution in [3.8, 4) is 11.5 Å². The number of benzene rings is 2. The molecule has 0 amide bonds. The first-order valence-electron chi connectivity index (χ1n) is 7.36. The zero-order valence-corrected chi connectivity index (χ0v) is 14.4. The Hall–Kier alpha value is -2.12. The van der Waals surface area contributed by atoms with E-state index in [2.05, 4.69) is 0 Å². The average molecular weight is 364 g/mol. The largest absolute Gasteiger partial charge is 0.457 e. The van der Waals surface area contributed by atoms with Gasteiger partial charge in [0.1, 0.15) is 11.5 Å². The van der Waals surface area contributed by atoms with Gasteiger partial charge in [-0.05, 0) is 48.4 Å². The first-order chi connectivity index (χ1) is 11.4. The molecule has 0 spiro atoms. The lowest BCUT2D eigenvalue weighted by Crippen LogP contribution is -2.07. The van der Waals surface area contributed by atoms with E-state index in [0.29, 0.717) is 17.1 Å². The molecule has 5 nitrogen and oxygen atoms in total. The number of hydrogen-bond acceptors (Lipinski definition) is 5. The molecule has 0 N–H and O–H groups in total. The number of ether oxygens (including phenoxy) is 1. The zero-order valence-electron chi connectivity index (χ0n) is 12.8. The molecule has 0 bridgehead atoms. The van der Waals surface area contributed by atoms with Gasteiger partial charge < -0.3 is 4.74 Å². The minimum absolute atomic E-state index is 0.111. The van der Waals surface area contributed by atoms with E-state index in [1.54, 1.807) is 36.4 Å². The van der Waals surface area contributed by atoms with Crippen LogP contribution in [0.2, 0.25) is 0 Å². The molecule has 0 aromatic heterocycles. The number of sulfone groups is 2. The van der Waals surface area contributed by atoms with Gasteiger partial charge in [-0.25, -0.2) is 16.8 Å². The highest BCUT2D eigenvalue weighted by atomic mass is 32.2. The van der Waals surface area contributed by atoms with Crippen molar-refractivity contribution in [2.75, 3.05) is 11.5 Å². The van der Waals surface area contributed by atoms with Crippen LogP contribution in [0.3, 0.4) is 0 Å². The molecule has 0 saturated carbocycles. The molecule has 3 rings (SSSR count). The van der Waals surface area contributed by atoms with Gasteiger partial charge in [0.2, 0.25) is 0 Å². The lowest BCUT2D eigenvalue weighted by molar-refractivity contribution is 0.482. The van der Waals surface area contributed by atoms with Gasteiger partial charge in [-0.2, -0.15) is 0 Å². The molecule has 0 fully saturated rings. The minimum atomic E-state index is -3.61. The third-order valence-corrected chi connectivity index (χ3v) is 7.03. The van der Waals surface area contributed by atoms with E-state index in [1.807, 2.05) is 18.2 Å². The Kier molecular flexibility index (Phi) is 4.47. The van der Waals surface area contributed by atoms with Crippen LogP contribution in [0.15, 0.2) is 60.0 Å². The van der Waals surface area contributed by atoms with Crippen molar-refractivity contribution in [3.63, 3.8) is 0 Å². The van der Waals surface area contributed by atoms with Gasteiger partial charge in [0, 0.05) is 5.41 Å². The van der Waals surface area contributed by atoms with Crippen LogP contribution in [-0.2, 0) is 19.7 Å². The fourth-order valence-corrected chi connectivity index (χ4v) is 5.99. The SMILES string of the molecule is O=S1(=O)C=C(c2ccc(Oc3ccccc3)cc2)S(=O)(=O)CCC1. The second-order valence-electron chi connectivity index (χ2n) is 5.46. The highest BCUT2D eigenvalue weighted by Crippen LogP contribution is 2.29. The molecule has 1 aliphatic heterocycles.